The summed E-state index contributed by atoms with van der Waals surface area (Å²) >= 11 is 0. The summed E-state index contributed by atoms with van der Waals surface area (Å²) in [6.07, 6.45) is 1.24. The van der Waals surface area contributed by atoms with Crippen LogP contribution in [0.25, 0.3) is 0 Å². The van der Waals surface area contributed by atoms with Crippen LogP contribution in [0.2, 0.25) is 0 Å². The zero-order valence-electron chi connectivity index (χ0n) is 15.5. The second kappa shape index (κ2) is 7.43. The van der Waals surface area contributed by atoms with E-state index in [1.807, 2.05) is 6.92 Å². The van der Waals surface area contributed by atoms with Crippen LogP contribution >= 0.6 is 0 Å². The summed E-state index contributed by atoms with van der Waals surface area (Å²) in [5.41, 5.74) is 0.919. The molecule has 0 atom stereocenters. The highest BCUT2D eigenvalue weighted by molar-refractivity contribution is 7.92. The third-order valence-corrected chi connectivity index (χ3v) is 6.01. The molecule has 1 amide bonds. The molecule has 0 aliphatic rings. The van der Waals surface area contributed by atoms with Crippen LogP contribution in [0.15, 0.2) is 59.6 Å². The molecule has 0 bridgehead atoms. The fraction of sp³-hybridized carbons (Fsp3) is 0.158. The van der Waals surface area contributed by atoms with E-state index in [0.717, 1.165) is 9.87 Å². The van der Waals surface area contributed by atoms with E-state index in [0.29, 0.717) is 0 Å². The van der Waals surface area contributed by atoms with Gasteiger partial charge in [-0.25, -0.2) is 12.8 Å². The van der Waals surface area contributed by atoms with Gasteiger partial charge in [0.05, 0.1) is 16.8 Å². The Morgan fingerprint density at radius 1 is 1.14 bits per heavy atom. The number of para-hydroxylation sites is 1. The van der Waals surface area contributed by atoms with Crippen LogP contribution in [0, 0.1) is 12.7 Å². The summed E-state index contributed by atoms with van der Waals surface area (Å²) in [6, 6.07) is 12.1. The molecule has 0 radical (unpaired) electrons. The summed E-state index contributed by atoms with van der Waals surface area (Å²) in [4.78, 5) is 12.7. The maximum Gasteiger partial charge on any atom is 0.265 e. The topological polar surface area (TPSA) is 84.3 Å². The van der Waals surface area contributed by atoms with Crippen molar-refractivity contribution in [1.29, 1.82) is 0 Å². The van der Waals surface area contributed by atoms with Crippen molar-refractivity contribution in [2.75, 3.05) is 16.7 Å². The maximum absolute atomic E-state index is 13.8. The average molecular weight is 402 g/mol. The number of benzene rings is 2. The number of hydrogen-bond acceptors (Lipinski definition) is 4. The van der Waals surface area contributed by atoms with Gasteiger partial charge in [0.25, 0.3) is 15.9 Å². The van der Waals surface area contributed by atoms with E-state index in [4.69, 9.17) is 0 Å². The molecular formula is C19H19FN4O3S. The molecular weight excluding hydrogens is 383 g/mol. The van der Waals surface area contributed by atoms with Gasteiger partial charge in [-0.1, -0.05) is 29.8 Å². The van der Waals surface area contributed by atoms with Gasteiger partial charge in [-0.3, -0.25) is 13.8 Å². The summed E-state index contributed by atoms with van der Waals surface area (Å²) in [5, 5.41) is 6.45. The van der Waals surface area contributed by atoms with Crippen molar-refractivity contribution in [3.05, 3.63) is 71.7 Å². The molecule has 0 aliphatic heterocycles. The molecule has 1 heterocycles. The fourth-order valence-corrected chi connectivity index (χ4v) is 3.94. The Morgan fingerprint density at radius 2 is 1.79 bits per heavy atom. The molecule has 7 nitrogen and oxygen atoms in total. The Morgan fingerprint density at radius 3 is 2.43 bits per heavy atom. The second-order valence-electron chi connectivity index (χ2n) is 6.23. The van der Waals surface area contributed by atoms with Crippen LogP contribution in [0.4, 0.5) is 15.9 Å². The summed E-state index contributed by atoms with van der Waals surface area (Å²) < 4.78 is 42.0. The van der Waals surface area contributed by atoms with E-state index < -0.39 is 21.7 Å². The number of sulfonamides is 1. The fourth-order valence-electron chi connectivity index (χ4n) is 2.70. The van der Waals surface area contributed by atoms with E-state index in [-0.39, 0.29) is 22.0 Å². The first-order valence-corrected chi connectivity index (χ1v) is 9.79. The number of halogens is 1. The van der Waals surface area contributed by atoms with Gasteiger partial charge in [-0.2, -0.15) is 5.10 Å². The third-order valence-electron chi connectivity index (χ3n) is 4.25. The van der Waals surface area contributed by atoms with E-state index in [9.17, 15) is 17.6 Å². The van der Waals surface area contributed by atoms with Crippen LogP contribution in [0.5, 0.6) is 0 Å². The molecule has 0 unspecified atom stereocenters. The number of hydrogen-bond donors (Lipinski definition) is 1. The van der Waals surface area contributed by atoms with Gasteiger partial charge in [0.15, 0.2) is 5.82 Å². The number of nitrogens with zero attached hydrogens (tertiary/aromatic N) is 3. The van der Waals surface area contributed by atoms with Gasteiger partial charge in [0.2, 0.25) is 0 Å². The lowest BCUT2D eigenvalue weighted by Crippen LogP contribution is -2.30. The largest absolute Gasteiger partial charge is 0.319 e. The van der Waals surface area contributed by atoms with Crippen molar-refractivity contribution in [3.8, 4) is 0 Å². The van der Waals surface area contributed by atoms with Crippen molar-refractivity contribution < 1.29 is 17.6 Å². The van der Waals surface area contributed by atoms with Crippen LogP contribution in [-0.4, -0.2) is 31.2 Å². The van der Waals surface area contributed by atoms with Crippen molar-refractivity contribution in [2.45, 2.75) is 11.8 Å². The molecule has 146 valence electrons. The Bertz CT molecular complexity index is 1120. The lowest BCUT2D eigenvalue weighted by Gasteiger charge is -2.21. The Hall–Kier alpha value is -3.20. The van der Waals surface area contributed by atoms with E-state index in [1.54, 1.807) is 18.2 Å². The molecule has 0 aliphatic carbocycles. The quantitative estimate of drug-likeness (QED) is 0.711. The lowest BCUT2D eigenvalue weighted by atomic mass is 10.2. The number of anilines is 2. The van der Waals surface area contributed by atoms with E-state index in [1.165, 1.54) is 55.3 Å². The zero-order valence-corrected chi connectivity index (χ0v) is 16.4. The van der Waals surface area contributed by atoms with Crippen LogP contribution in [0.3, 0.4) is 0 Å². The van der Waals surface area contributed by atoms with Gasteiger partial charge < -0.3 is 5.32 Å². The second-order valence-corrected chi connectivity index (χ2v) is 8.19. The number of aryl methyl sites for hydroxylation is 2. The normalized spacial score (nSPS) is 11.3. The minimum atomic E-state index is -3.92. The van der Waals surface area contributed by atoms with Crippen molar-refractivity contribution in [2.24, 2.45) is 7.05 Å². The highest BCUT2D eigenvalue weighted by Gasteiger charge is 2.28. The zero-order chi connectivity index (χ0) is 20.5. The predicted octanol–water partition coefficient (Wildman–Crippen LogP) is 2.95. The first-order valence-electron chi connectivity index (χ1n) is 8.35. The van der Waals surface area contributed by atoms with Crippen LogP contribution < -0.4 is 9.62 Å². The molecule has 3 aromatic rings. The molecule has 0 saturated heterocycles. The number of carbonyl (C=O) groups excluding carboxylic acids is 1. The minimum absolute atomic E-state index is 0.00365. The molecule has 0 fully saturated rings. The number of aromatic nitrogens is 2. The molecule has 1 aromatic heterocycles. The highest BCUT2D eigenvalue weighted by atomic mass is 32.2. The highest BCUT2D eigenvalue weighted by Crippen LogP contribution is 2.26. The average Bonchev–Trinajstić information content (AvgIpc) is 3.04. The van der Waals surface area contributed by atoms with Crippen molar-refractivity contribution >= 4 is 27.4 Å². The van der Waals surface area contributed by atoms with E-state index in [2.05, 4.69) is 10.4 Å². The predicted molar refractivity (Wildman–Crippen MR) is 104 cm³/mol. The molecule has 9 heteroatoms. The first-order chi connectivity index (χ1) is 13.2. The minimum Gasteiger partial charge on any atom is -0.319 e. The van der Waals surface area contributed by atoms with Crippen LogP contribution in [-0.2, 0) is 17.1 Å². The van der Waals surface area contributed by atoms with E-state index >= 15 is 0 Å². The van der Waals surface area contributed by atoms with Crippen molar-refractivity contribution in [1.82, 2.24) is 9.78 Å². The summed E-state index contributed by atoms with van der Waals surface area (Å²) in [5.74, 6) is -1.20. The van der Waals surface area contributed by atoms with Gasteiger partial charge in [0.1, 0.15) is 11.4 Å². The Labute approximate surface area is 162 Å². The van der Waals surface area contributed by atoms with Crippen molar-refractivity contribution in [3.63, 3.8) is 0 Å². The number of amides is 1. The lowest BCUT2D eigenvalue weighted by molar-refractivity contribution is 0.102. The maximum atomic E-state index is 13.8. The Balaban J connectivity index is 1.97. The van der Waals surface area contributed by atoms with Crippen LogP contribution in [0.1, 0.15) is 15.9 Å². The standard InChI is InChI=1S/C19H19FN4O3S/c1-13-8-10-14(11-9-13)28(26,27)24(3)19-15(12-21-23(19)2)18(25)22-17-7-5-4-6-16(17)20/h4-12H,1-3H3,(H,22,25). The molecule has 28 heavy (non-hydrogen) atoms. The van der Waals surface area contributed by atoms with Gasteiger partial charge >= 0.3 is 0 Å². The Kier molecular flexibility index (Phi) is 5.19. The van der Waals surface area contributed by atoms with Gasteiger partial charge in [-0.05, 0) is 31.2 Å². The summed E-state index contributed by atoms with van der Waals surface area (Å²) in [7, 11) is -1.06. The number of carbonyl (C=O) groups is 1. The molecule has 3 rings (SSSR count). The SMILES string of the molecule is Cc1ccc(S(=O)(=O)N(C)c2c(C(=O)Nc3ccccc3F)cnn2C)cc1. The molecule has 0 saturated carbocycles. The third kappa shape index (κ3) is 3.61. The monoisotopic (exact) mass is 402 g/mol. The summed E-state index contributed by atoms with van der Waals surface area (Å²) in [6.45, 7) is 1.85. The molecule has 1 N–H and O–H groups in total. The van der Waals surface area contributed by atoms with Gasteiger partial charge in [0, 0.05) is 14.1 Å². The molecule has 0 spiro atoms. The van der Waals surface area contributed by atoms with Gasteiger partial charge in [-0.15, -0.1) is 0 Å². The smallest absolute Gasteiger partial charge is 0.265 e. The first kappa shape index (κ1) is 19.6. The number of rotatable bonds is 5. The number of nitrogens with one attached hydrogen (secondary N) is 1. The molecule has 2 aromatic carbocycles.